The van der Waals surface area contributed by atoms with E-state index in [1.54, 1.807) is 0 Å². The summed E-state index contributed by atoms with van der Waals surface area (Å²) in [6.45, 7) is 9.67. The minimum atomic E-state index is 0.366. The van der Waals surface area contributed by atoms with Gasteiger partial charge >= 0.3 is 0 Å². The van der Waals surface area contributed by atoms with Gasteiger partial charge in [0.1, 0.15) is 0 Å². The average Bonchev–Trinajstić information content (AvgIpc) is 2.87. The molecule has 1 aromatic rings. The van der Waals surface area contributed by atoms with Gasteiger partial charge in [-0.3, -0.25) is 4.68 Å². The number of halogens is 1. The Kier molecular flexibility index (Phi) is 4.65. The minimum Gasteiger partial charge on any atom is -0.378 e. The normalized spacial score (nSPS) is 23.8. The van der Waals surface area contributed by atoms with Crippen molar-refractivity contribution >= 4 is 11.6 Å². The molecule has 18 heavy (non-hydrogen) atoms. The molecular weight excluding hydrogens is 250 g/mol. The maximum atomic E-state index is 6.27. The van der Waals surface area contributed by atoms with E-state index in [-0.39, 0.29) is 0 Å². The molecule has 0 aromatic carbocycles. The zero-order chi connectivity index (χ0) is 13.1. The maximum absolute atomic E-state index is 6.27. The Balaban J connectivity index is 1.90. The van der Waals surface area contributed by atoms with Gasteiger partial charge in [0.25, 0.3) is 0 Å². The van der Waals surface area contributed by atoms with E-state index in [9.17, 15) is 0 Å². The molecule has 0 bridgehead atoms. The van der Waals surface area contributed by atoms with Crippen LogP contribution in [0.4, 0.5) is 0 Å². The molecule has 0 amide bonds. The number of hydrogen-bond donors (Lipinski definition) is 1. The molecule has 0 radical (unpaired) electrons. The minimum absolute atomic E-state index is 0.366. The van der Waals surface area contributed by atoms with Gasteiger partial charge < -0.3 is 10.1 Å². The molecule has 102 valence electrons. The van der Waals surface area contributed by atoms with Crippen LogP contribution >= 0.6 is 11.6 Å². The lowest BCUT2D eigenvalue weighted by Gasteiger charge is -2.15. The van der Waals surface area contributed by atoms with Crippen molar-refractivity contribution in [3.05, 3.63) is 16.4 Å². The quantitative estimate of drug-likeness (QED) is 0.894. The predicted octanol–water partition coefficient (Wildman–Crippen LogP) is 2.38. The molecule has 1 saturated heterocycles. The van der Waals surface area contributed by atoms with Crippen molar-refractivity contribution in [1.82, 2.24) is 15.1 Å². The van der Waals surface area contributed by atoms with Gasteiger partial charge in [0.15, 0.2) is 0 Å². The van der Waals surface area contributed by atoms with Crippen LogP contribution in [0.25, 0.3) is 0 Å². The fraction of sp³-hybridized carbons (Fsp3) is 0.769. The Bertz CT molecular complexity index is 405. The molecular formula is C13H22ClN3O. The molecule has 0 spiro atoms. The lowest BCUT2D eigenvalue weighted by atomic mass is 10.0. The summed E-state index contributed by atoms with van der Waals surface area (Å²) in [5.74, 6) is 0.614. The lowest BCUT2D eigenvalue weighted by Crippen LogP contribution is -2.27. The van der Waals surface area contributed by atoms with Crippen LogP contribution in [-0.4, -0.2) is 29.0 Å². The van der Waals surface area contributed by atoms with Crippen LogP contribution in [0.5, 0.6) is 0 Å². The number of rotatable bonds is 5. The molecule has 2 unspecified atom stereocenters. The summed E-state index contributed by atoms with van der Waals surface area (Å²) in [6, 6.07) is 0. The van der Waals surface area contributed by atoms with Crippen LogP contribution < -0.4 is 5.32 Å². The van der Waals surface area contributed by atoms with E-state index in [1.165, 1.54) is 0 Å². The highest BCUT2D eigenvalue weighted by molar-refractivity contribution is 6.31. The first kappa shape index (κ1) is 13.8. The summed E-state index contributed by atoms with van der Waals surface area (Å²) in [7, 11) is 0. The number of ether oxygens (including phenoxy) is 1. The fourth-order valence-electron chi connectivity index (χ4n) is 2.46. The fourth-order valence-corrected chi connectivity index (χ4v) is 2.66. The van der Waals surface area contributed by atoms with Gasteiger partial charge in [0.05, 0.1) is 22.5 Å². The Morgan fingerprint density at radius 3 is 2.94 bits per heavy atom. The smallest absolute Gasteiger partial charge is 0.0860 e. The SMILES string of the molecule is CCn1nc(C)c(Cl)c1CNCC1CCOC1C. The molecule has 0 saturated carbocycles. The van der Waals surface area contributed by atoms with Crippen molar-refractivity contribution in [2.24, 2.45) is 5.92 Å². The van der Waals surface area contributed by atoms with Gasteiger partial charge in [0.2, 0.25) is 0 Å². The van der Waals surface area contributed by atoms with Crippen LogP contribution in [0.1, 0.15) is 31.7 Å². The summed E-state index contributed by atoms with van der Waals surface area (Å²) in [5.41, 5.74) is 2.00. The molecule has 1 N–H and O–H groups in total. The van der Waals surface area contributed by atoms with Crippen LogP contribution in [0.15, 0.2) is 0 Å². The van der Waals surface area contributed by atoms with Crippen LogP contribution in [-0.2, 0) is 17.8 Å². The second-order valence-corrected chi connectivity index (χ2v) is 5.30. The number of aryl methyl sites for hydroxylation is 2. The molecule has 2 heterocycles. The van der Waals surface area contributed by atoms with Gasteiger partial charge in [-0.15, -0.1) is 0 Å². The van der Waals surface area contributed by atoms with E-state index in [0.29, 0.717) is 12.0 Å². The number of aromatic nitrogens is 2. The molecule has 1 fully saturated rings. The third-order valence-electron chi connectivity index (χ3n) is 3.69. The van der Waals surface area contributed by atoms with E-state index in [4.69, 9.17) is 16.3 Å². The Morgan fingerprint density at radius 2 is 2.33 bits per heavy atom. The molecule has 0 aliphatic carbocycles. The number of nitrogens with zero attached hydrogens (tertiary/aromatic N) is 2. The summed E-state index contributed by atoms with van der Waals surface area (Å²) in [5, 5.41) is 8.68. The molecule has 2 rings (SSSR count). The summed E-state index contributed by atoms with van der Waals surface area (Å²) >= 11 is 6.27. The topological polar surface area (TPSA) is 39.1 Å². The van der Waals surface area contributed by atoms with E-state index in [2.05, 4.69) is 24.3 Å². The van der Waals surface area contributed by atoms with E-state index in [0.717, 1.165) is 49.1 Å². The van der Waals surface area contributed by atoms with Gasteiger partial charge in [0, 0.05) is 26.2 Å². The maximum Gasteiger partial charge on any atom is 0.0860 e. The van der Waals surface area contributed by atoms with Crippen molar-refractivity contribution in [2.45, 2.75) is 46.4 Å². The first-order valence-corrected chi connectivity index (χ1v) is 7.05. The third kappa shape index (κ3) is 2.87. The van der Waals surface area contributed by atoms with Gasteiger partial charge in [-0.25, -0.2) is 0 Å². The zero-order valence-electron chi connectivity index (χ0n) is 11.4. The molecule has 1 aliphatic heterocycles. The Labute approximate surface area is 114 Å². The van der Waals surface area contributed by atoms with Gasteiger partial charge in [-0.2, -0.15) is 5.10 Å². The number of hydrogen-bond acceptors (Lipinski definition) is 3. The van der Waals surface area contributed by atoms with E-state index < -0.39 is 0 Å². The van der Waals surface area contributed by atoms with E-state index in [1.807, 2.05) is 11.6 Å². The van der Waals surface area contributed by atoms with Crippen molar-refractivity contribution in [2.75, 3.05) is 13.2 Å². The van der Waals surface area contributed by atoms with Crippen LogP contribution in [0.2, 0.25) is 5.02 Å². The first-order chi connectivity index (χ1) is 8.63. The van der Waals surface area contributed by atoms with Crippen LogP contribution in [0.3, 0.4) is 0 Å². The highest BCUT2D eigenvalue weighted by Crippen LogP contribution is 2.22. The molecule has 2 atom stereocenters. The van der Waals surface area contributed by atoms with Crippen molar-refractivity contribution in [1.29, 1.82) is 0 Å². The molecule has 1 aliphatic rings. The summed E-state index contributed by atoms with van der Waals surface area (Å²) in [4.78, 5) is 0. The number of nitrogens with one attached hydrogen (secondary N) is 1. The summed E-state index contributed by atoms with van der Waals surface area (Å²) < 4.78 is 7.53. The predicted molar refractivity (Wildman–Crippen MR) is 72.9 cm³/mol. The Morgan fingerprint density at radius 1 is 1.56 bits per heavy atom. The monoisotopic (exact) mass is 271 g/mol. The van der Waals surface area contributed by atoms with Gasteiger partial charge in [-0.05, 0) is 33.1 Å². The van der Waals surface area contributed by atoms with E-state index >= 15 is 0 Å². The van der Waals surface area contributed by atoms with Gasteiger partial charge in [-0.1, -0.05) is 11.6 Å². The largest absolute Gasteiger partial charge is 0.378 e. The van der Waals surface area contributed by atoms with Crippen molar-refractivity contribution in [3.8, 4) is 0 Å². The Hall–Kier alpha value is -0.580. The molecule has 5 heteroatoms. The molecule has 4 nitrogen and oxygen atoms in total. The van der Waals surface area contributed by atoms with Crippen molar-refractivity contribution in [3.63, 3.8) is 0 Å². The highest BCUT2D eigenvalue weighted by Gasteiger charge is 2.23. The zero-order valence-corrected chi connectivity index (χ0v) is 12.1. The standard InChI is InChI=1S/C13H22ClN3O/c1-4-17-12(13(14)9(2)16-17)8-15-7-11-5-6-18-10(11)3/h10-11,15H,4-8H2,1-3H3. The van der Waals surface area contributed by atoms with Crippen LogP contribution in [0, 0.1) is 12.8 Å². The first-order valence-electron chi connectivity index (χ1n) is 6.67. The lowest BCUT2D eigenvalue weighted by molar-refractivity contribution is 0.105. The molecule has 1 aromatic heterocycles. The second-order valence-electron chi connectivity index (χ2n) is 4.92. The second kappa shape index (κ2) is 6.04. The third-order valence-corrected chi connectivity index (χ3v) is 4.18. The highest BCUT2D eigenvalue weighted by atomic mass is 35.5. The average molecular weight is 272 g/mol. The van der Waals surface area contributed by atoms with Crippen molar-refractivity contribution < 1.29 is 4.74 Å². The summed E-state index contributed by atoms with van der Waals surface area (Å²) in [6.07, 6.45) is 1.51.